The Morgan fingerprint density at radius 1 is 1.21 bits per heavy atom. The first-order chi connectivity index (χ1) is 13.8. The molecule has 1 fully saturated rings. The van der Waals surface area contributed by atoms with Crippen molar-refractivity contribution in [3.05, 3.63) is 60.4 Å². The fourth-order valence-corrected chi connectivity index (χ4v) is 3.91. The molecule has 29 heavy (non-hydrogen) atoms. The average molecular weight is 505 g/mol. The van der Waals surface area contributed by atoms with Crippen molar-refractivity contribution in [2.24, 2.45) is 4.99 Å². The van der Waals surface area contributed by atoms with E-state index in [0.29, 0.717) is 5.92 Å². The van der Waals surface area contributed by atoms with Gasteiger partial charge < -0.3 is 19.5 Å². The maximum absolute atomic E-state index is 5.26. The van der Waals surface area contributed by atoms with Gasteiger partial charge in [-0.15, -0.1) is 24.0 Å². The molecule has 1 unspecified atom stereocenters. The molecule has 0 aliphatic carbocycles. The minimum absolute atomic E-state index is 0. The molecule has 4 rings (SSSR count). The lowest BCUT2D eigenvalue weighted by molar-refractivity contribution is 0.414. The minimum atomic E-state index is 0. The van der Waals surface area contributed by atoms with Crippen LogP contribution in [0, 0.1) is 0 Å². The van der Waals surface area contributed by atoms with E-state index in [0.717, 1.165) is 49.8 Å². The summed E-state index contributed by atoms with van der Waals surface area (Å²) in [7, 11) is 3.56. The number of guanidine groups is 1. The fraction of sp³-hybridized carbons (Fsp3) is 0.364. The molecule has 1 aliphatic heterocycles. The largest absolute Gasteiger partial charge is 0.497 e. The van der Waals surface area contributed by atoms with Gasteiger partial charge in [0.25, 0.3) is 0 Å². The van der Waals surface area contributed by atoms with Crippen molar-refractivity contribution in [3.63, 3.8) is 0 Å². The van der Waals surface area contributed by atoms with Gasteiger partial charge in [-0.2, -0.15) is 0 Å². The van der Waals surface area contributed by atoms with E-state index in [4.69, 9.17) is 4.74 Å². The molecule has 0 saturated carbocycles. The van der Waals surface area contributed by atoms with Crippen molar-refractivity contribution in [3.8, 4) is 5.75 Å². The van der Waals surface area contributed by atoms with Crippen LogP contribution in [0.1, 0.15) is 17.9 Å². The molecule has 2 aromatic carbocycles. The van der Waals surface area contributed by atoms with Gasteiger partial charge in [-0.25, -0.2) is 4.98 Å². The summed E-state index contributed by atoms with van der Waals surface area (Å²) in [6.07, 6.45) is 3.05. The van der Waals surface area contributed by atoms with Crippen LogP contribution in [0.25, 0.3) is 11.0 Å². The highest BCUT2D eigenvalue weighted by Gasteiger charge is 2.26. The van der Waals surface area contributed by atoms with Crippen LogP contribution < -0.4 is 10.1 Å². The van der Waals surface area contributed by atoms with Gasteiger partial charge in [0.1, 0.15) is 5.75 Å². The molecule has 1 saturated heterocycles. The van der Waals surface area contributed by atoms with E-state index in [-0.39, 0.29) is 24.0 Å². The zero-order chi connectivity index (χ0) is 19.3. The Labute approximate surface area is 189 Å². The van der Waals surface area contributed by atoms with E-state index in [9.17, 15) is 0 Å². The number of benzene rings is 2. The lowest BCUT2D eigenvalue weighted by Gasteiger charge is -2.22. The third-order valence-electron chi connectivity index (χ3n) is 5.45. The van der Waals surface area contributed by atoms with Crippen LogP contribution in [0.15, 0.2) is 59.9 Å². The van der Waals surface area contributed by atoms with E-state index in [1.54, 1.807) is 7.11 Å². The molecule has 2 heterocycles. The summed E-state index contributed by atoms with van der Waals surface area (Å²) in [6.45, 7) is 3.68. The molecule has 6 nitrogen and oxygen atoms in total. The summed E-state index contributed by atoms with van der Waals surface area (Å²) in [6, 6.07) is 16.7. The van der Waals surface area contributed by atoms with Crippen molar-refractivity contribution in [1.82, 2.24) is 19.8 Å². The van der Waals surface area contributed by atoms with Gasteiger partial charge >= 0.3 is 0 Å². The molecule has 1 atom stereocenters. The Morgan fingerprint density at radius 3 is 2.76 bits per heavy atom. The molecule has 0 spiro atoms. The lowest BCUT2D eigenvalue weighted by Crippen LogP contribution is -2.41. The van der Waals surface area contributed by atoms with Crippen LogP contribution in [-0.4, -0.2) is 54.2 Å². The van der Waals surface area contributed by atoms with Gasteiger partial charge in [0, 0.05) is 39.1 Å². The van der Waals surface area contributed by atoms with Crippen LogP contribution in [-0.2, 0) is 6.54 Å². The van der Waals surface area contributed by atoms with Crippen LogP contribution >= 0.6 is 24.0 Å². The van der Waals surface area contributed by atoms with Crippen molar-refractivity contribution >= 4 is 41.0 Å². The molecule has 7 heteroatoms. The van der Waals surface area contributed by atoms with Gasteiger partial charge in [-0.3, -0.25) is 4.99 Å². The monoisotopic (exact) mass is 505 g/mol. The molecule has 0 amide bonds. The van der Waals surface area contributed by atoms with Gasteiger partial charge in [0.05, 0.1) is 24.5 Å². The predicted molar refractivity (Wildman–Crippen MR) is 128 cm³/mol. The first kappa shape index (κ1) is 21.4. The zero-order valence-electron chi connectivity index (χ0n) is 16.9. The van der Waals surface area contributed by atoms with E-state index in [1.807, 2.05) is 37.6 Å². The number of nitrogens with one attached hydrogen (secondary N) is 1. The Balaban J connectivity index is 0.00000240. The number of aliphatic imine (C=N–C) groups is 1. The standard InChI is InChI=1S/C22H27N5O.HI/c1-23-22(24-12-14-27-16-25-20-5-3-4-6-21(20)27)26-13-11-18(15-26)17-7-9-19(28-2)10-8-17;/h3-10,16,18H,11-15H2,1-2H3,(H,23,24);1H. The second-order valence-electron chi connectivity index (χ2n) is 7.11. The Kier molecular flexibility index (Phi) is 7.35. The highest BCUT2D eigenvalue weighted by Crippen LogP contribution is 2.28. The summed E-state index contributed by atoms with van der Waals surface area (Å²) in [5, 5.41) is 3.51. The highest BCUT2D eigenvalue weighted by molar-refractivity contribution is 14.0. The second kappa shape index (κ2) is 9.96. The van der Waals surface area contributed by atoms with Crippen LogP contribution in [0.2, 0.25) is 0 Å². The number of rotatable bonds is 5. The molecule has 0 radical (unpaired) electrons. The number of methoxy groups -OCH3 is 1. The van der Waals surface area contributed by atoms with Crippen molar-refractivity contribution < 1.29 is 4.74 Å². The summed E-state index contributed by atoms with van der Waals surface area (Å²) < 4.78 is 7.44. The van der Waals surface area contributed by atoms with E-state index < -0.39 is 0 Å². The quantitative estimate of drug-likeness (QED) is 0.326. The van der Waals surface area contributed by atoms with Gasteiger partial charge in [-0.1, -0.05) is 24.3 Å². The van der Waals surface area contributed by atoms with E-state index in [1.165, 1.54) is 11.1 Å². The Morgan fingerprint density at radius 2 is 2.00 bits per heavy atom. The highest BCUT2D eigenvalue weighted by atomic mass is 127. The molecule has 1 N–H and O–H groups in total. The SMILES string of the molecule is CN=C(NCCn1cnc2ccccc21)N1CCC(c2ccc(OC)cc2)C1.I. The summed E-state index contributed by atoms with van der Waals surface area (Å²) >= 11 is 0. The Bertz CT molecular complexity index is 953. The lowest BCUT2D eigenvalue weighted by atomic mass is 9.98. The summed E-state index contributed by atoms with van der Waals surface area (Å²) in [5.74, 6) is 2.41. The molecule has 1 aromatic heterocycles. The maximum atomic E-state index is 5.26. The minimum Gasteiger partial charge on any atom is -0.497 e. The molecule has 3 aromatic rings. The predicted octanol–water partition coefficient (Wildman–Crippen LogP) is 3.73. The molecular weight excluding hydrogens is 477 g/mol. The number of ether oxygens (including phenoxy) is 1. The molecule has 0 bridgehead atoms. The zero-order valence-corrected chi connectivity index (χ0v) is 19.2. The van der Waals surface area contributed by atoms with Gasteiger partial charge in [0.2, 0.25) is 0 Å². The topological polar surface area (TPSA) is 54.7 Å². The van der Waals surface area contributed by atoms with Crippen molar-refractivity contribution in [1.29, 1.82) is 0 Å². The number of fused-ring (bicyclic) bond motifs is 1. The summed E-state index contributed by atoms with van der Waals surface area (Å²) in [5.41, 5.74) is 3.57. The molecule has 1 aliphatic rings. The van der Waals surface area contributed by atoms with E-state index >= 15 is 0 Å². The van der Waals surface area contributed by atoms with Gasteiger partial charge in [0.15, 0.2) is 5.96 Å². The third kappa shape index (κ3) is 4.83. The van der Waals surface area contributed by atoms with E-state index in [2.05, 4.69) is 49.0 Å². The van der Waals surface area contributed by atoms with Crippen LogP contribution in [0.3, 0.4) is 0 Å². The summed E-state index contributed by atoms with van der Waals surface area (Å²) in [4.78, 5) is 11.3. The van der Waals surface area contributed by atoms with Crippen molar-refractivity contribution in [2.45, 2.75) is 18.9 Å². The number of likely N-dealkylation sites (tertiary alicyclic amines) is 1. The number of imidazole rings is 1. The van der Waals surface area contributed by atoms with Crippen LogP contribution in [0.4, 0.5) is 0 Å². The normalized spacial score (nSPS) is 16.7. The van der Waals surface area contributed by atoms with Crippen molar-refractivity contribution in [2.75, 3.05) is 33.8 Å². The van der Waals surface area contributed by atoms with Crippen LogP contribution in [0.5, 0.6) is 5.75 Å². The number of aromatic nitrogens is 2. The number of hydrogen-bond acceptors (Lipinski definition) is 3. The molecule has 154 valence electrons. The Hall–Kier alpha value is -2.29. The first-order valence-corrected chi connectivity index (χ1v) is 9.78. The number of hydrogen-bond donors (Lipinski definition) is 1. The fourth-order valence-electron chi connectivity index (χ4n) is 3.91. The number of para-hydroxylation sites is 2. The number of nitrogens with zero attached hydrogens (tertiary/aromatic N) is 4. The first-order valence-electron chi connectivity index (χ1n) is 9.78. The molecular formula is C22H28IN5O. The second-order valence-corrected chi connectivity index (χ2v) is 7.11. The maximum Gasteiger partial charge on any atom is 0.193 e. The average Bonchev–Trinajstić information content (AvgIpc) is 3.39. The van der Waals surface area contributed by atoms with Gasteiger partial charge in [-0.05, 0) is 36.2 Å². The smallest absolute Gasteiger partial charge is 0.193 e. The number of halogens is 1. The third-order valence-corrected chi connectivity index (χ3v) is 5.45.